The SMILES string of the molecule is O=C(C[C@H]1CCCCN1S(=O)(=O)c1cccs1)Nc1ccccc1. The quantitative estimate of drug-likeness (QED) is 0.885. The molecular weight excluding hydrogens is 344 g/mol. The van der Waals surface area contributed by atoms with Crippen LogP contribution in [0.2, 0.25) is 0 Å². The molecule has 3 rings (SSSR count). The van der Waals surface area contributed by atoms with Crippen LogP contribution in [0.4, 0.5) is 5.69 Å². The van der Waals surface area contributed by atoms with Gasteiger partial charge >= 0.3 is 0 Å². The maximum atomic E-state index is 12.8. The van der Waals surface area contributed by atoms with Crippen molar-refractivity contribution in [1.29, 1.82) is 0 Å². The monoisotopic (exact) mass is 364 g/mol. The number of nitrogens with one attached hydrogen (secondary N) is 1. The normalized spacial score (nSPS) is 19.1. The van der Waals surface area contributed by atoms with Crippen LogP contribution in [-0.4, -0.2) is 31.2 Å². The molecule has 0 radical (unpaired) electrons. The fourth-order valence-corrected chi connectivity index (χ4v) is 5.78. The largest absolute Gasteiger partial charge is 0.326 e. The number of hydrogen-bond donors (Lipinski definition) is 1. The molecule has 0 unspecified atom stereocenters. The molecule has 7 heteroatoms. The van der Waals surface area contributed by atoms with Crippen molar-refractivity contribution < 1.29 is 13.2 Å². The van der Waals surface area contributed by atoms with Gasteiger partial charge in [0.1, 0.15) is 4.21 Å². The van der Waals surface area contributed by atoms with Crippen LogP contribution in [0.25, 0.3) is 0 Å². The molecule has 0 aliphatic carbocycles. The summed E-state index contributed by atoms with van der Waals surface area (Å²) in [4.78, 5) is 12.3. The summed E-state index contributed by atoms with van der Waals surface area (Å²) in [6.45, 7) is 0.476. The van der Waals surface area contributed by atoms with E-state index in [1.54, 1.807) is 17.5 Å². The van der Waals surface area contributed by atoms with E-state index in [4.69, 9.17) is 0 Å². The first-order valence-electron chi connectivity index (χ1n) is 7.97. The van der Waals surface area contributed by atoms with Crippen LogP contribution in [0.1, 0.15) is 25.7 Å². The van der Waals surface area contributed by atoms with Crippen LogP contribution in [0.5, 0.6) is 0 Å². The molecule has 1 aliphatic heterocycles. The lowest BCUT2D eigenvalue weighted by molar-refractivity contribution is -0.117. The molecule has 1 saturated heterocycles. The number of sulfonamides is 1. The summed E-state index contributed by atoms with van der Waals surface area (Å²) in [5, 5.41) is 4.60. The van der Waals surface area contributed by atoms with Gasteiger partial charge in [-0.15, -0.1) is 11.3 Å². The number of carbonyl (C=O) groups excluding carboxylic acids is 1. The van der Waals surface area contributed by atoms with Gasteiger partial charge in [0.05, 0.1) is 0 Å². The number of carbonyl (C=O) groups is 1. The Kier molecular flexibility index (Phi) is 5.33. The zero-order valence-corrected chi connectivity index (χ0v) is 14.9. The fourth-order valence-electron chi connectivity index (χ4n) is 2.97. The highest BCUT2D eigenvalue weighted by molar-refractivity contribution is 7.91. The summed E-state index contributed by atoms with van der Waals surface area (Å²) in [5.74, 6) is -0.153. The topological polar surface area (TPSA) is 66.5 Å². The van der Waals surface area contributed by atoms with Crippen molar-refractivity contribution in [2.24, 2.45) is 0 Å². The molecule has 2 aromatic rings. The highest BCUT2D eigenvalue weighted by atomic mass is 32.2. The molecule has 1 amide bonds. The Balaban J connectivity index is 1.72. The number of amides is 1. The molecule has 24 heavy (non-hydrogen) atoms. The first-order valence-corrected chi connectivity index (χ1v) is 10.3. The average molecular weight is 364 g/mol. The minimum absolute atomic E-state index is 0.153. The highest BCUT2D eigenvalue weighted by Crippen LogP contribution is 2.29. The minimum Gasteiger partial charge on any atom is -0.326 e. The molecule has 5 nitrogen and oxygen atoms in total. The molecule has 1 fully saturated rings. The molecule has 2 heterocycles. The van der Waals surface area contributed by atoms with Gasteiger partial charge in [0.2, 0.25) is 5.91 Å². The van der Waals surface area contributed by atoms with E-state index < -0.39 is 10.0 Å². The molecule has 1 N–H and O–H groups in total. The summed E-state index contributed by atoms with van der Waals surface area (Å²) in [6, 6.07) is 12.3. The summed E-state index contributed by atoms with van der Waals surface area (Å²) in [6.07, 6.45) is 2.67. The third kappa shape index (κ3) is 3.85. The Labute approximate surface area is 146 Å². The molecule has 1 aromatic carbocycles. The number of benzene rings is 1. The van der Waals surface area contributed by atoms with Crippen molar-refractivity contribution in [3.05, 3.63) is 47.8 Å². The summed E-state index contributed by atoms with van der Waals surface area (Å²) < 4.78 is 27.5. The molecular formula is C17H20N2O3S2. The number of thiophene rings is 1. The lowest BCUT2D eigenvalue weighted by atomic mass is 10.0. The van der Waals surface area contributed by atoms with Crippen molar-refractivity contribution >= 4 is 33.0 Å². The molecule has 1 aliphatic rings. The van der Waals surface area contributed by atoms with Crippen molar-refractivity contribution in [2.45, 2.75) is 35.9 Å². The van der Waals surface area contributed by atoms with Crippen LogP contribution in [0.3, 0.4) is 0 Å². The van der Waals surface area contributed by atoms with Gasteiger partial charge in [0.25, 0.3) is 10.0 Å². The smallest absolute Gasteiger partial charge is 0.252 e. The van der Waals surface area contributed by atoms with E-state index in [0.29, 0.717) is 17.2 Å². The number of piperidine rings is 1. The van der Waals surface area contributed by atoms with Gasteiger partial charge in [-0.1, -0.05) is 30.7 Å². The second-order valence-corrected chi connectivity index (χ2v) is 8.88. The molecule has 128 valence electrons. The van der Waals surface area contributed by atoms with Crippen molar-refractivity contribution in [3.8, 4) is 0 Å². The van der Waals surface area contributed by atoms with Crippen LogP contribution in [0.15, 0.2) is 52.1 Å². The van der Waals surface area contributed by atoms with E-state index in [1.807, 2.05) is 30.3 Å². The second-order valence-electron chi connectivity index (χ2n) is 5.82. The predicted octanol–water partition coefficient (Wildman–Crippen LogP) is 3.32. The Morgan fingerprint density at radius 3 is 2.67 bits per heavy atom. The second kappa shape index (κ2) is 7.46. The number of anilines is 1. The highest BCUT2D eigenvalue weighted by Gasteiger charge is 2.35. The maximum absolute atomic E-state index is 12.8. The Morgan fingerprint density at radius 2 is 1.96 bits per heavy atom. The van der Waals surface area contributed by atoms with Gasteiger partial charge in [-0.2, -0.15) is 4.31 Å². The predicted molar refractivity (Wildman–Crippen MR) is 95.5 cm³/mol. The molecule has 0 bridgehead atoms. The number of hydrogen-bond acceptors (Lipinski definition) is 4. The third-order valence-electron chi connectivity index (χ3n) is 4.11. The third-order valence-corrected chi connectivity index (χ3v) is 7.43. The van der Waals surface area contributed by atoms with E-state index in [2.05, 4.69) is 5.32 Å². The molecule has 1 aromatic heterocycles. The van der Waals surface area contributed by atoms with Gasteiger partial charge in [0, 0.05) is 24.7 Å². The van der Waals surface area contributed by atoms with Gasteiger partial charge in [-0.3, -0.25) is 4.79 Å². The van der Waals surface area contributed by atoms with Crippen molar-refractivity contribution in [1.82, 2.24) is 4.31 Å². The van der Waals surface area contributed by atoms with E-state index >= 15 is 0 Å². The standard InChI is InChI=1S/C17H20N2O3S2/c20-16(18-14-7-2-1-3-8-14)13-15-9-4-5-11-19(15)24(21,22)17-10-6-12-23-17/h1-3,6-8,10,12,15H,4-5,9,11,13H2,(H,18,20)/t15-/m1/s1. The van der Waals surface area contributed by atoms with Gasteiger partial charge in [-0.05, 0) is 36.4 Å². The molecule has 0 saturated carbocycles. The van der Waals surface area contributed by atoms with Gasteiger partial charge in [-0.25, -0.2) is 8.42 Å². The summed E-state index contributed by atoms with van der Waals surface area (Å²) in [7, 11) is -3.51. The summed E-state index contributed by atoms with van der Waals surface area (Å²) >= 11 is 1.22. The number of rotatable bonds is 5. The lowest BCUT2D eigenvalue weighted by Gasteiger charge is -2.34. The zero-order valence-electron chi connectivity index (χ0n) is 13.2. The van der Waals surface area contributed by atoms with Gasteiger partial charge < -0.3 is 5.32 Å². The number of nitrogens with zero attached hydrogens (tertiary/aromatic N) is 1. The van der Waals surface area contributed by atoms with Gasteiger partial charge in [0.15, 0.2) is 0 Å². The Morgan fingerprint density at radius 1 is 1.17 bits per heavy atom. The number of para-hydroxylation sites is 1. The summed E-state index contributed by atoms with van der Waals surface area (Å²) in [5.41, 5.74) is 0.728. The molecule has 1 atom stereocenters. The first kappa shape index (κ1) is 17.1. The van der Waals surface area contributed by atoms with E-state index in [9.17, 15) is 13.2 Å². The molecule has 0 spiro atoms. The first-order chi connectivity index (χ1) is 11.6. The fraction of sp³-hybridized carbons (Fsp3) is 0.353. The van der Waals surface area contributed by atoms with E-state index in [0.717, 1.165) is 18.5 Å². The maximum Gasteiger partial charge on any atom is 0.252 e. The Hall–Kier alpha value is -1.70. The zero-order chi connectivity index (χ0) is 17.0. The van der Waals surface area contributed by atoms with Crippen LogP contribution < -0.4 is 5.32 Å². The van der Waals surface area contributed by atoms with Crippen molar-refractivity contribution in [3.63, 3.8) is 0 Å². The van der Waals surface area contributed by atoms with E-state index in [-0.39, 0.29) is 18.4 Å². The van der Waals surface area contributed by atoms with Crippen LogP contribution >= 0.6 is 11.3 Å². The average Bonchev–Trinajstić information content (AvgIpc) is 3.11. The minimum atomic E-state index is -3.51. The Bertz CT molecular complexity index is 773. The lowest BCUT2D eigenvalue weighted by Crippen LogP contribution is -2.45. The van der Waals surface area contributed by atoms with E-state index in [1.165, 1.54) is 15.6 Å². The van der Waals surface area contributed by atoms with Crippen LogP contribution in [-0.2, 0) is 14.8 Å². The van der Waals surface area contributed by atoms with Crippen LogP contribution in [0, 0.1) is 0 Å². The van der Waals surface area contributed by atoms with Crippen molar-refractivity contribution in [2.75, 3.05) is 11.9 Å².